The van der Waals surface area contributed by atoms with Crippen LogP contribution < -0.4 is 5.32 Å². The molecule has 1 aromatic rings. The Morgan fingerprint density at radius 1 is 1.56 bits per heavy atom. The number of hydrogen-bond donors (Lipinski definition) is 1. The van der Waals surface area contributed by atoms with Gasteiger partial charge < -0.3 is 0 Å². The average Bonchev–Trinajstić information content (AvgIpc) is 2.36. The third-order valence-electron chi connectivity index (χ3n) is 2.82. The van der Waals surface area contributed by atoms with Crippen LogP contribution in [0.2, 0.25) is 0 Å². The van der Waals surface area contributed by atoms with Crippen molar-refractivity contribution in [1.29, 1.82) is 5.26 Å². The Labute approximate surface area is 100 Å². The molecule has 1 heterocycles. The van der Waals surface area contributed by atoms with Crippen molar-refractivity contribution < 1.29 is 0 Å². The van der Waals surface area contributed by atoms with Crippen molar-refractivity contribution in [1.82, 2.24) is 5.32 Å². The largest absolute Gasteiger partial charge is 0.292 e. The second kappa shape index (κ2) is 4.73. The summed E-state index contributed by atoms with van der Waals surface area (Å²) in [5.74, 6) is 0.981. The van der Waals surface area contributed by atoms with Gasteiger partial charge in [0.2, 0.25) is 0 Å². The monoisotopic (exact) mass is 230 g/mol. The number of nitriles is 1. The van der Waals surface area contributed by atoms with Crippen LogP contribution in [0.1, 0.15) is 12.0 Å². The van der Waals surface area contributed by atoms with Gasteiger partial charge in [0.05, 0.1) is 6.07 Å². The highest BCUT2D eigenvalue weighted by Crippen LogP contribution is 2.39. The summed E-state index contributed by atoms with van der Waals surface area (Å²) in [5.41, 5.74) is 0.575. The second-order valence-electron chi connectivity index (χ2n) is 3.78. The third kappa shape index (κ3) is 1.87. The van der Waals surface area contributed by atoms with Crippen LogP contribution in [0.5, 0.6) is 0 Å². The molecule has 1 aromatic carbocycles. The summed E-state index contributed by atoms with van der Waals surface area (Å²) in [6.45, 7) is 4.35. The van der Waals surface area contributed by atoms with Gasteiger partial charge in [0, 0.05) is 22.8 Å². The van der Waals surface area contributed by atoms with E-state index in [4.69, 9.17) is 0 Å². The Morgan fingerprint density at radius 3 is 3.12 bits per heavy atom. The lowest BCUT2D eigenvalue weighted by molar-refractivity contribution is 0.426. The minimum Gasteiger partial charge on any atom is -0.292 e. The lowest BCUT2D eigenvalue weighted by Crippen LogP contribution is -2.43. The Balaban J connectivity index is 2.41. The Bertz CT molecular complexity index is 436. The first-order chi connectivity index (χ1) is 7.82. The van der Waals surface area contributed by atoms with Crippen molar-refractivity contribution in [3.8, 4) is 6.07 Å². The predicted octanol–water partition coefficient (Wildman–Crippen LogP) is 2.68. The summed E-state index contributed by atoms with van der Waals surface area (Å²) in [4.78, 5) is 1.21. The molecule has 0 bridgehead atoms. The van der Waals surface area contributed by atoms with Gasteiger partial charge >= 0.3 is 0 Å². The molecule has 1 N–H and O–H groups in total. The normalized spacial score (nSPS) is 23.2. The van der Waals surface area contributed by atoms with Gasteiger partial charge in [-0.2, -0.15) is 5.26 Å². The van der Waals surface area contributed by atoms with E-state index in [1.807, 2.05) is 30.0 Å². The second-order valence-corrected chi connectivity index (χ2v) is 4.92. The minimum atomic E-state index is -0.532. The summed E-state index contributed by atoms with van der Waals surface area (Å²) in [7, 11) is 0. The summed E-state index contributed by atoms with van der Waals surface area (Å²) in [6.07, 6.45) is 2.64. The standard InChI is InChI=1S/C13H14N2S/c1-2-8-15-13(10-14)7-9-16-12-6-4-3-5-11(12)13/h2-6,15H,1,7-9H2. The van der Waals surface area contributed by atoms with E-state index in [0.717, 1.165) is 17.7 Å². The number of rotatable bonds is 3. The molecule has 1 aliphatic heterocycles. The van der Waals surface area contributed by atoms with E-state index in [0.29, 0.717) is 6.54 Å². The Hall–Kier alpha value is -1.24. The number of nitrogens with zero attached hydrogens (tertiary/aromatic N) is 1. The van der Waals surface area contributed by atoms with Crippen LogP contribution in [-0.4, -0.2) is 12.3 Å². The first-order valence-electron chi connectivity index (χ1n) is 5.32. The van der Waals surface area contributed by atoms with Gasteiger partial charge in [-0.1, -0.05) is 24.3 Å². The maximum Gasteiger partial charge on any atom is 0.134 e. The number of fused-ring (bicyclic) bond motifs is 1. The van der Waals surface area contributed by atoms with E-state index in [9.17, 15) is 5.26 Å². The fraction of sp³-hybridized carbons (Fsp3) is 0.308. The van der Waals surface area contributed by atoms with Crippen molar-refractivity contribution in [3.63, 3.8) is 0 Å². The lowest BCUT2D eigenvalue weighted by Gasteiger charge is -2.33. The number of hydrogen-bond acceptors (Lipinski definition) is 3. The molecule has 1 atom stereocenters. The molecular weight excluding hydrogens is 216 g/mol. The van der Waals surface area contributed by atoms with Gasteiger partial charge in [-0.3, -0.25) is 5.32 Å². The smallest absolute Gasteiger partial charge is 0.134 e. The molecule has 1 unspecified atom stereocenters. The Morgan fingerprint density at radius 2 is 2.38 bits per heavy atom. The quantitative estimate of drug-likeness (QED) is 0.811. The molecule has 3 heteroatoms. The van der Waals surface area contributed by atoms with Gasteiger partial charge in [-0.05, 0) is 12.5 Å². The minimum absolute atomic E-state index is 0.532. The van der Waals surface area contributed by atoms with Crippen LogP contribution in [-0.2, 0) is 5.54 Å². The van der Waals surface area contributed by atoms with Crippen molar-refractivity contribution in [2.24, 2.45) is 0 Å². The van der Waals surface area contributed by atoms with Crippen LogP contribution in [0.3, 0.4) is 0 Å². The zero-order chi connectivity index (χ0) is 11.4. The zero-order valence-electron chi connectivity index (χ0n) is 9.07. The first kappa shape index (κ1) is 11.3. The van der Waals surface area contributed by atoms with E-state index >= 15 is 0 Å². The number of thioether (sulfide) groups is 1. The molecule has 2 nitrogen and oxygen atoms in total. The molecule has 1 aliphatic rings. The maximum absolute atomic E-state index is 9.46. The number of benzene rings is 1. The molecule has 0 saturated carbocycles. The van der Waals surface area contributed by atoms with Crippen molar-refractivity contribution in [3.05, 3.63) is 42.5 Å². The van der Waals surface area contributed by atoms with E-state index in [1.54, 1.807) is 6.08 Å². The third-order valence-corrected chi connectivity index (χ3v) is 3.90. The van der Waals surface area contributed by atoms with Gasteiger partial charge in [0.15, 0.2) is 0 Å². The zero-order valence-corrected chi connectivity index (χ0v) is 9.89. The fourth-order valence-electron chi connectivity index (χ4n) is 1.98. The van der Waals surface area contributed by atoms with Gasteiger partial charge in [-0.25, -0.2) is 0 Å². The van der Waals surface area contributed by atoms with Crippen LogP contribution in [0.15, 0.2) is 41.8 Å². The lowest BCUT2D eigenvalue weighted by atomic mass is 9.88. The molecular formula is C13H14N2S. The van der Waals surface area contributed by atoms with Crippen LogP contribution in [0.25, 0.3) is 0 Å². The fourth-order valence-corrected chi connectivity index (χ4v) is 3.18. The summed E-state index contributed by atoms with van der Waals surface area (Å²) in [6, 6.07) is 10.6. The summed E-state index contributed by atoms with van der Waals surface area (Å²) >= 11 is 1.82. The molecule has 0 fully saturated rings. The number of nitrogens with one attached hydrogen (secondary N) is 1. The molecule has 0 aromatic heterocycles. The van der Waals surface area contributed by atoms with Gasteiger partial charge in [0.25, 0.3) is 0 Å². The molecule has 0 radical (unpaired) electrons. The van der Waals surface area contributed by atoms with Crippen LogP contribution >= 0.6 is 11.8 Å². The first-order valence-corrected chi connectivity index (χ1v) is 6.30. The molecule has 0 aliphatic carbocycles. The highest BCUT2D eigenvalue weighted by molar-refractivity contribution is 7.99. The van der Waals surface area contributed by atoms with Gasteiger partial charge in [-0.15, -0.1) is 18.3 Å². The van der Waals surface area contributed by atoms with E-state index < -0.39 is 5.54 Å². The van der Waals surface area contributed by atoms with Crippen molar-refractivity contribution in [2.75, 3.05) is 12.3 Å². The Kier molecular flexibility index (Phi) is 3.33. The average molecular weight is 230 g/mol. The predicted molar refractivity (Wildman–Crippen MR) is 67.3 cm³/mol. The van der Waals surface area contributed by atoms with E-state index in [2.05, 4.69) is 24.0 Å². The molecule has 0 amide bonds. The highest BCUT2D eigenvalue weighted by Gasteiger charge is 2.36. The van der Waals surface area contributed by atoms with Crippen LogP contribution in [0.4, 0.5) is 0 Å². The summed E-state index contributed by atoms with van der Waals surface area (Å²) < 4.78 is 0. The van der Waals surface area contributed by atoms with Crippen LogP contribution in [0, 0.1) is 11.3 Å². The summed E-state index contributed by atoms with van der Waals surface area (Å²) in [5, 5.41) is 12.8. The topological polar surface area (TPSA) is 35.8 Å². The SMILES string of the molecule is C=CCNC1(C#N)CCSc2ccccc21. The van der Waals surface area contributed by atoms with Gasteiger partial charge in [0.1, 0.15) is 5.54 Å². The maximum atomic E-state index is 9.46. The van der Waals surface area contributed by atoms with Crippen molar-refractivity contribution >= 4 is 11.8 Å². The molecule has 0 spiro atoms. The molecule has 2 rings (SSSR count). The van der Waals surface area contributed by atoms with Crippen molar-refractivity contribution in [2.45, 2.75) is 16.9 Å². The molecule has 0 saturated heterocycles. The highest BCUT2D eigenvalue weighted by atomic mass is 32.2. The van der Waals surface area contributed by atoms with E-state index in [-0.39, 0.29) is 0 Å². The van der Waals surface area contributed by atoms with E-state index in [1.165, 1.54) is 4.90 Å². The molecule has 82 valence electrons. The molecule has 16 heavy (non-hydrogen) atoms.